The van der Waals surface area contributed by atoms with Crippen LogP contribution in [0.5, 0.6) is 0 Å². The van der Waals surface area contributed by atoms with Gasteiger partial charge in [-0.15, -0.1) is 0 Å². The van der Waals surface area contributed by atoms with E-state index >= 15 is 0 Å². The Balaban J connectivity index is 1.51. The van der Waals surface area contributed by atoms with E-state index in [-0.39, 0.29) is 5.91 Å². The molecule has 0 radical (unpaired) electrons. The molecule has 0 aliphatic carbocycles. The summed E-state index contributed by atoms with van der Waals surface area (Å²) in [6.45, 7) is 2.63. The highest BCUT2D eigenvalue weighted by Crippen LogP contribution is 2.18. The standard InChI is InChI=1S/C18H18N4O/c23-17(21-12-11-20-9-4-7-16(20)13-21)14-22-10-8-19-18(22)15-5-2-1-3-6-15/h1-10H,11-14H2. The molecular formula is C18H18N4O. The molecule has 0 unspecified atom stereocenters. The zero-order chi connectivity index (χ0) is 15.6. The molecule has 5 heteroatoms. The fraction of sp³-hybridized carbons (Fsp3) is 0.222. The summed E-state index contributed by atoms with van der Waals surface area (Å²) in [5.41, 5.74) is 2.22. The predicted octanol–water partition coefficient (Wildman–Crippen LogP) is 2.39. The van der Waals surface area contributed by atoms with Crippen LogP contribution in [-0.4, -0.2) is 31.5 Å². The molecule has 0 fully saturated rings. The Morgan fingerprint density at radius 3 is 2.78 bits per heavy atom. The number of carbonyl (C=O) groups excluding carboxylic acids is 1. The minimum Gasteiger partial charge on any atom is -0.348 e. The highest BCUT2D eigenvalue weighted by Gasteiger charge is 2.21. The molecular weight excluding hydrogens is 288 g/mol. The smallest absolute Gasteiger partial charge is 0.242 e. The Hall–Kier alpha value is -2.82. The number of fused-ring (bicyclic) bond motifs is 1. The van der Waals surface area contributed by atoms with Crippen molar-refractivity contribution in [3.05, 3.63) is 66.7 Å². The lowest BCUT2D eigenvalue weighted by atomic mass is 10.2. The number of carbonyl (C=O) groups is 1. The molecule has 23 heavy (non-hydrogen) atoms. The zero-order valence-corrected chi connectivity index (χ0v) is 12.8. The van der Waals surface area contributed by atoms with Gasteiger partial charge >= 0.3 is 0 Å². The Kier molecular flexibility index (Phi) is 3.46. The summed E-state index contributed by atoms with van der Waals surface area (Å²) in [5.74, 6) is 0.965. The van der Waals surface area contributed by atoms with Gasteiger partial charge < -0.3 is 14.0 Å². The summed E-state index contributed by atoms with van der Waals surface area (Å²) in [5, 5.41) is 0. The van der Waals surface area contributed by atoms with Gasteiger partial charge in [-0.2, -0.15) is 0 Å². The molecule has 0 atom stereocenters. The normalized spacial score (nSPS) is 13.8. The molecule has 5 nitrogen and oxygen atoms in total. The number of benzene rings is 1. The number of aromatic nitrogens is 3. The number of nitrogens with zero attached hydrogens (tertiary/aromatic N) is 4. The SMILES string of the molecule is O=C(Cn1ccnc1-c1ccccc1)N1CCn2cccc2C1. The monoisotopic (exact) mass is 306 g/mol. The summed E-state index contributed by atoms with van der Waals surface area (Å²) in [6.07, 6.45) is 5.68. The van der Waals surface area contributed by atoms with Crippen molar-refractivity contribution in [3.8, 4) is 11.4 Å². The van der Waals surface area contributed by atoms with Gasteiger partial charge in [0.2, 0.25) is 5.91 Å². The van der Waals surface area contributed by atoms with E-state index in [0.717, 1.165) is 24.5 Å². The second-order valence-electron chi connectivity index (χ2n) is 5.75. The Morgan fingerprint density at radius 2 is 1.91 bits per heavy atom. The maximum Gasteiger partial charge on any atom is 0.242 e. The van der Waals surface area contributed by atoms with Crippen LogP contribution >= 0.6 is 0 Å². The average Bonchev–Trinajstić information content (AvgIpc) is 3.23. The summed E-state index contributed by atoms with van der Waals surface area (Å²) >= 11 is 0. The topological polar surface area (TPSA) is 43.1 Å². The predicted molar refractivity (Wildman–Crippen MR) is 87.5 cm³/mol. The first-order valence-corrected chi connectivity index (χ1v) is 7.79. The van der Waals surface area contributed by atoms with E-state index in [2.05, 4.69) is 21.8 Å². The third-order valence-electron chi connectivity index (χ3n) is 4.29. The number of hydrogen-bond donors (Lipinski definition) is 0. The van der Waals surface area contributed by atoms with E-state index in [1.807, 2.05) is 52.1 Å². The Labute approximate surface area is 134 Å². The molecule has 0 spiro atoms. The van der Waals surface area contributed by atoms with Gasteiger partial charge in [-0.05, 0) is 12.1 Å². The van der Waals surface area contributed by atoms with Crippen molar-refractivity contribution >= 4 is 5.91 Å². The molecule has 0 saturated heterocycles. The van der Waals surface area contributed by atoms with Gasteiger partial charge in [-0.1, -0.05) is 30.3 Å². The van der Waals surface area contributed by atoms with Crippen LogP contribution in [0.15, 0.2) is 61.1 Å². The molecule has 3 heterocycles. The van der Waals surface area contributed by atoms with Gasteiger partial charge in [0, 0.05) is 42.9 Å². The third-order valence-corrected chi connectivity index (χ3v) is 4.29. The van der Waals surface area contributed by atoms with E-state index < -0.39 is 0 Å². The lowest BCUT2D eigenvalue weighted by Crippen LogP contribution is -2.39. The van der Waals surface area contributed by atoms with Crippen LogP contribution in [0.1, 0.15) is 5.69 Å². The largest absolute Gasteiger partial charge is 0.348 e. The average molecular weight is 306 g/mol. The van der Waals surface area contributed by atoms with Gasteiger partial charge in [0.05, 0.1) is 6.54 Å². The van der Waals surface area contributed by atoms with Crippen molar-refractivity contribution in [1.29, 1.82) is 0 Å². The minimum absolute atomic E-state index is 0.132. The minimum atomic E-state index is 0.132. The van der Waals surface area contributed by atoms with Gasteiger partial charge in [0.15, 0.2) is 0 Å². The molecule has 4 rings (SSSR count). The lowest BCUT2D eigenvalue weighted by molar-refractivity contribution is -0.133. The van der Waals surface area contributed by atoms with Crippen LogP contribution in [0.25, 0.3) is 11.4 Å². The molecule has 1 aliphatic heterocycles. The molecule has 0 saturated carbocycles. The van der Waals surface area contributed by atoms with E-state index in [1.54, 1.807) is 6.20 Å². The summed E-state index contributed by atoms with van der Waals surface area (Å²) in [4.78, 5) is 19.0. The zero-order valence-electron chi connectivity index (χ0n) is 12.8. The molecule has 0 N–H and O–H groups in total. The molecule has 2 aromatic heterocycles. The Morgan fingerprint density at radius 1 is 1.04 bits per heavy atom. The molecule has 1 aliphatic rings. The first-order valence-electron chi connectivity index (χ1n) is 7.79. The van der Waals surface area contributed by atoms with Crippen molar-refractivity contribution in [2.45, 2.75) is 19.6 Å². The molecule has 0 bridgehead atoms. The van der Waals surface area contributed by atoms with Crippen molar-refractivity contribution in [2.75, 3.05) is 6.54 Å². The van der Waals surface area contributed by atoms with Gasteiger partial charge in [-0.3, -0.25) is 4.79 Å². The second-order valence-corrected chi connectivity index (χ2v) is 5.75. The van der Waals surface area contributed by atoms with Crippen LogP contribution in [0, 0.1) is 0 Å². The molecule has 1 amide bonds. The number of amides is 1. The first-order chi connectivity index (χ1) is 11.3. The second kappa shape index (κ2) is 5.76. The molecule has 1 aromatic carbocycles. The number of rotatable bonds is 3. The maximum absolute atomic E-state index is 12.6. The lowest BCUT2D eigenvalue weighted by Gasteiger charge is -2.29. The summed E-state index contributed by atoms with van der Waals surface area (Å²) < 4.78 is 4.13. The quantitative estimate of drug-likeness (QED) is 0.746. The van der Waals surface area contributed by atoms with Crippen molar-refractivity contribution in [2.24, 2.45) is 0 Å². The maximum atomic E-state index is 12.6. The van der Waals surface area contributed by atoms with Gasteiger partial charge in [0.1, 0.15) is 12.4 Å². The van der Waals surface area contributed by atoms with Crippen molar-refractivity contribution in [3.63, 3.8) is 0 Å². The Bertz CT molecular complexity index is 818. The van der Waals surface area contributed by atoms with E-state index in [1.165, 1.54) is 5.69 Å². The first kappa shape index (κ1) is 13.8. The summed E-state index contributed by atoms with van der Waals surface area (Å²) in [7, 11) is 0. The molecule has 3 aromatic rings. The van der Waals surface area contributed by atoms with Crippen LogP contribution < -0.4 is 0 Å². The van der Waals surface area contributed by atoms with Crippen LogP contribution in [0.2, 0.25) is 0 Å². The van der Waals surface area contributed by atoms with E-state index in [9.17, 15) is 4.79 Å². The van der Waals surface area contributed by atoms with Crippen LogP contribution in [0.3, 0.4) is 0 Å². The number of imidazole rings is 1. The number of hydrogen-bond acceptors (Lipinski definition) is 2. The highest BCUT2D eigenvalue weighted by atomic mass is 16.2. The van der Waals surface area contributed by atoms with E-state index in [0.29, 0.717) is 13.1 Å². The van der Waals surface area contributed by atoms with Crippen LogP contribution in [0.4, 0.5) is 0 Å². The highest BCUT2D eigenvalue weighted by molar-refractivity contribution is 5.77. The molecule has 116 valence electrons. The van der Waals surface area contributed by atoms with Crippen molar-refractivity contribution in [1.82, 2.24) is 19.0 Å². The van der Waals surface area contributed by atoms with Gasteiger partial charge in [0.25, 0.3) is 0 Å². The van der Waals surface area contributed by atoms with Crippen LogP contribution in [-0.2, 0) is 24.4 Å². The fourth-order valence-corrected chi connectivity index (χ4v) is 3.06. The summed E-state index contributed by atoms with van der Waals surface area (Å²) in [6, 6.07) is 14.1. The van der Waals surface area contributed by atoms with Gasteiger partial charge in [-0.25, -0.2) is 4.98 Å². The van der Waals surface area contributed by atoms with Crippen molar-refractivity contribution < 1.29 is 4.79 Å². The fourth-order valence-electron chi connectivity index (χ4n) is 3.06. The van der Waals surface area contributed by atoms with E-state index in [4.69, 9.17) is 0 Å². The third kappa shape index (κ3) is 2.65.